The molecule has 4 heteroatoms. The van der Waals surface area contributed by atoms with Gasteiger partial charge in [-0.1, -0.05) is 18.2 Å². The molecule has 1 aromatic rings. The largest absolute Gasteiger partial charge is 0.444 e. The van der Waals surface area contributed by atoms with Gasteiger partial charge in [-0.15, -0.1) is 0 Å². The van der Waals surface area contributed by atoms with Crippen LogP contribution in [0, 0.1) is 5.92 Å². The van der Waals surface area contributed by atoms with Crippen molar-refractivity contribution in [2.24, 2.45) is 5.92 Å². The van der Waals surface area contributed by atoms with Gasteiger partial charge in [0.1, 0.15) is 5.60 Å². The first-order valence-corrected chi connectivity index (χ1v) is 9.20. The minimum absolute atomic E-state index is 0.163. The first kappa shape index (κ1) is 17.3. The molecule has 24 heavy (non-hydrogen) atoms. The lowest BCUT2D eigenvalue weighted by Crippen LogP contribution is -2.42. The van der Waals surface area contributed by atoms with Gasteiger partial charge in [0.2, 0.25) is 0 Å². The molecule has 0 radical (unpaired) electrons. The normalized spacial score (nSPS) is 19.0. The van der Waals surface area contributed by atoms with Crippen molar-refractivity contribution in [2.45, 2.75) is 58.6 Å². The van der Waals surface area contributed by atoms with E-state index in [2.05, 4.69) is 23.5 Å². The van der Waals surface area contributed by atoms with E-state index in [1.165, 1.54) is 11.1 Å². The minimum Gasteiger partial charge on any atom is -0.444 e. The number of likely N-dealkylation sites (tertiary alicyclic amines) is 1. The Kier molecular flexibility index (Phi) is 5.14. The molecule has 1 saturated heterocycles. The van der Waals surface area contributed by atoms with E-state index in [0.717, 1.165) is 51.9 Å². The van der Waals surface area contributed by atoms with Gasteiger partial charge >= 0.3 is 6.09 Å². The summed E-state index contributed by atoms with van der Waals surface area (Å²) < 4.78 is 5.49. The van der Waals surface area contributed by atoms with Crippen LogP contribution < -0.4 is 5.32 Å². The van der Waals surface area contributed by atoms with E-state index in [1.807, 2.05) is 25.7 Å². The van der Waals surface area contributed by atoms with Crippen LogP contribution >= 0.6 is 0 Å². The van der Waals surface area contributed by atoms with Crippen LogP contribution in [0.15, 0.2) is 18.2 Å². The number of fused-ring (bicyclic) bond motifs is 1. The number of benzene rings is 1. The van der Waals surface area contributed by atoms with Gasteiger partial charge in [0, 0.05) is 19.6 Å². The standard InChI is InChI=1S/C20H30N2O2/c1-20(2,3)24-19(23)22-11-8-15(9-12-22)13-16-5-4-6-17-14-21-10-7-18(16)17/h4-6,15,21H,7-14H2,1-3H3. The second kappa shape index (κ2) is 7.14. The molecule has 0 unspecified atom stereocenters. The van der Waals surface area contributed by atoms with Crippen LogP contribution in [0.5, 0.6) is 0 Å². The lowest BCUT2D eigenvalue weighted by Gasteiger charge is -2.34. The average Bonchev–Trinajstić information content (AvgIpc) is 2.54. The highest BCUT2D eigenvalue weighted by Gasteiger charge is 2.27. The number of nitrogens with one attached hydrogen (secondary N) is 1. The molecule has 4 nitrogen and oxygen atoms in total. The van der Waals surface area contributed by atoms with Crippen molar-refractivity contribution < 1.29 is 9.53 Å². The predicted octanol–water partition coefficient (Wildman–Crippen LogP) is 3.52. The Balaban J connectivity index is 1.56. The van der Waals surface area contributed by atoms with E-state index in [-0.39, 0.29) is 6.09 Å². The first-order chi connectivity index (χ1) is 11.4. The summed E-state index contributed by atoms with van der Waals surface area (Å²) in [6, 6.07) is 6.73. The van der Waals surface area contributed by atoms with Crippen LogP contribution in [0.3, 0.4) is 0 Å². The number of piperidine rings is 1. The van der Waals surface area contributed by atoms with Crippen molar-refractivity contribution in [3.8, 4) is 0 Å². The fourth-order valence-electron chi connectivity index (χ4n) is 3.76. The summed E-state index contributed by atoms with van der Waals surface area (Å²) >= 11 is 0. The fourth-order valence-corrected chi connectivity index (χ4v) is 3.76. The summed E-state index contributed by atoms with van der Waals surface area (Å²) in [7, 11) is 0. The zero-order chi connectivity index (χ0) is 17.2. The topological polar surface area (TPSA) is 41.6 Å². The second-order valence-corrected chi connectivity index (χ2v) is 8.10. The number of hydrogen-bond acceptors (Lipinski definition) is 3. The molecule has 0 aliphatic carbocycles. The van der Waals surface area contributed by atoms with E-state index in [9.17, 15) is 4.79 Å². The molecule has 2 aliphatic heterocycles. The molecule has 0 saturated carbocycles. The molecule has 3 rings (SSSR count). The molecule has 0 bridgehead atoms. The van der Waals surface area contributed by atoms with Gasteiger partial charge < -0.3 is 15.0 Å². The Morgan fingerprint density at radius 3 is 2.75 bits per heavy atom. The quantitative estimate of drug-likeness (QED) is 0.902. The monoisotopic (exact) mass is 330 g/mol. The van der Waals surface area contributed by atoms with Gasteiger partial charge in [-0.3, -0.25) is 0 Å². The van der Waals surface area contributed by atoms with Crippen LogP contribution in [-0.4, -0.2) is 36.2 Å². The van der Waals surface area contributed by atoms with E-state index in [1.54, 1.807) is 5.56 Å². The summed E-state index contributed by atoms with van der Waals surface area (Å²) in [6.07, 6.45) is 4.26. The smallest absolute Gasteiger partial charge is 0.410 e. The van der Waals surface area contributed by atoms with Crippen LogP contribution in [0.1, 0.15) is 50.3 Å². The molecule has 1 N–H and O–H groups in total. The lowest BCUT2D eigenvalue weighted by molar-refractivity contribution is 0.0184. The van der Waals surface area contributed by atoms with Gasteiger partial charge in [0.05, 0.1) is 0 Å². The third kappa shape index (κ3) is 4.29. The van der Waals surface area contributed by atoms with Gasteiger partial charge in [-0.05, 0) is 75.6 Å². The van der Waals surface area contributed by atoms with E-state index in [0.29, 0.717) is 5.92 Å². The molecular formula is C20H30N2O2. The molecule has 132 valence electrons. The Hall–Kier alpha value is -1.55. The second-order valence-electron chi connectivity index (χ2n) is 8.10. The van der Waals surface area contributed by atoms with E-state index >= 15 is 0 Å². The lowest BCUT2D eigenvalue weighted by atomic mass is 9.85. The van der Waals surface area contributed by atoms with E-state index < -0.39 is 5.60 Å². The van der Waals surface area contributed by atoms with Crippen molar-refractivity contribution in [1.82, 2.24) is 10.2 Å². The Labute approximate surface area is 145 Å². The van der Waals surface area contributed by atoms with Crippen molar-refractivity contribution in [3.63, 3.8) is 0 Å². The van der Waals surface area contributed by atoms with Gasteiger partial charge in [0.15, 0.2) is 0 Å². The highest BCUT2D eigenvalue weighted by atomic mass is 16.6. The number of ether oxygens (including phenoxy) is 1. The van der Waals surface area contributed by atoms with Gasteiger partial charge in [0.25, 0.3) is 0 Å². The molecule has 1 amide bonds. The Bertz CT molecular complexity index is 584. The molecular weight excluding hydrogens is 300 g/mol. The number of carbonyl (C=O) groups excluding carboxylic acids is 1. The number of rotatable bonds is 2. The zero-order valence-electron chi connectivity index (χ0n) is 15.2. The number of nitrogens with zero attached hydrogens (tertiary/aromatic N) is 1. The maximum atomic E-state index is 12.2. The van der Waals surface area contributed by atoms with Crippen molar-refractivity contribution in [3.05, 3.63) is 34.9 Å². The summed E-state index contributed by atoms with van der Waals surface area (Å²) in [5.74, 6) is 0.671. The molecule has 1 aromatic carbocycles. The Morgan fingerprint density at radius 1 is 1.29 bits per heavy atom. The maximum absolute atomic E-state index is 12.2. The van der Waals surface area contributed by atoms with E-state index in [4.69, 9.17) is 4.74 Å². The van der Waals surface area contributed by atoms with Crippen LogP contribution in [-0.2, 0) is 24.1 Å². The van der Waals surface area contributed by atoms with Gasteiger partial charge in [-0.2, -0.15) is 0 Å². The summed E-state index contributed by atoms with van der Waals surface area (Å²) in [5.41, 5.74) is 4.13. The summed E-state index contributed by atoms with van der Waals surface area (Å²) in [6.45, 7) is 9.48. The average molecular weight is 330 g/mol. The molecule has 1 fully saturated rings. The highest BCUT2D eigenvalue weighted by Crippen LogP contribution is 2.27. The van der Waals surface area contributed by atoms with Crippen molar-refractivity contribution in [2.75, 3.05) is 19.6 Å². The predicted molar refractivity (Wildman–Crippen MR) is 96.1 cm³/mol. The number of amides is 1. The SMILES string of the molecule is CC(C)(C)OC(=O)N1CCC(Cc2cccc3c2CCNC3)CC1. The fraction of sp³-hybridized carbons (Fsp3) is 0.650. The molecule has 2 aliphatic rings. The Morgan fingerprint density at radius 2 is 2.04 bits per heavy atom. The third-order valence-corrected chi connectivity index (χ3v) is 5.01. The first-order valence-electron chi connectivity index (χ1n) is 9.20. The summed E-state index contributed by atoms with van der Waals surface area (Å²) in [4.78, 5) is 14.0. The highest BCUT2D eigenvalue weighted by molar-refractivity contribution is 5.68. The number of carbonyl (C=O) groups is 1. The number of hydrogen-bond donors (Lipinski definition) is 1. The van der Waals surface area contributed by atoms with Crippen molar-refractivity contribution >= 4 is 6.09 Å². The third-order valence-electron chi connectivity index (χ3n) is 5.01. The van der Waals surface area contributed by atoms with Crippen LogP contribution in [0.2, 0.25) is 0 Å². The molecule has 0 aromatic heterocycles. The van der Waals surface area contributed by atoms with Gasteiger partial charge in [-0.25, -0.2) is 4.79 Å². The van der Waals surface area contributed by atoms with Crippen LogP contribution in [0.25, 0.3) is 0 Å². The van der Waals surface area contributed by atoms with Crippen LogP contribution in [0.4, 0.5) is 4.79 Å². The molecule has 0 spiro atoms. The molecule has 2 heterocycles. The van der Waals surface area contributed by atoms with Crippen molar-refractivity contribution in [1.29, 1.82) is 0 Å². The summed E-state index contributed by atoms with van der Waals surface area (Å²) in [5, 5.41) is 3.45. The maximum Gasteiger partial charge on any atom is 0.410 e. The molecule has 0 atom stereocenters. The minimum atomic E-state index is -0.412. The zero-order valence-corrected chi connectivity index (χ0v) is 15.2.